The summed E-state index contributed by atoms with van der Waals surface area (Å²) in [5.74, 6) is 1.13. The fraction of sp³-hybridized carbons (Fsp3) is 0.688. The molecule has 2 heterocycles. The Balaban J connectivity index is 1.98. The molecule has 1 saturated carbocycles. The molecule has 0 amide bonds. The first-order chi connectivity index (χ1) is 9.14. The minimum atomic E-state index is -0.0344. The van der Waals surface area contributed by atoms with Crippen LogP contribution in [0.25, 0.3) is 0 Å². The zero-order chi connectivity index (χ0) is 13.2. The third-order valence-electron chi connectivity index (χ3n) is 5.82. The first-order valence-electron chi connectivity index (χ1n) is 7.54. The van der Waals surface area contributed by atoms with Gasteiger partial charge in [-0.05, 0) is 44.1 Å². The fourth-order valence-electron chi connectivity index (χ4n) is 5.26. The number of rotatable bonds is 0. The van der Waals surface area contributed by atoms with E-state index in [0.29, 0.717) is 11.8 Å². The van der Waals surface area contributed by atoms with E-state index in [4.69, 9.17) is 0 Å². The molecule has 2 bridgehead atoms. The number of aliphatic hydroxyl groups is 1. The highest BCUT2D eigenvalue weighted by atomic mass is 16.3. The number of nitrogens with zero attached hydrogens (tertiary/aromatic N) is 1. The van der Waals surface area contributed by atoms with Crippen LogP contribution in [0.3, 0.4) is 0 Å². The van der Waals surface area contributed by atoms with Gasteiger partial charge in [0.25, 0.3) is 0 Å². The molecule has 3 unspecified atom stereocenters. The van der Waals surface area contributed by atoms with Crippen molar-refractivity contribution in [2.75, 3.05) is 13.1 Å². The quantitative estimate of drug-likeness (QED) is 0.726. The number of carbonyl (C=O) groups is 1. The Bertz CT molecular complexity index is 507. The van der Waals surface area contributed by atoms with Crippen LogP contribution in [0.2, 0.25) is 0 Å². The van der Waals surface area contributed by atoms with Crippen molar-refractivity contribution in [2.45, 2.75) is 38.1 Å². The van der Waals surface area contributed by atoms with E-state index in [0.717, 1.165) is 37.9 Å². The Morgan fingerprint density at radius 3 is 3.16 bits per heavy atom. The van der Waals surface area contributed by atoms with Crippen molar-refractivity contribution in [1.82, 2.24) is 4.90 Å². The Morgan fingerprint density at radius 1 is 1.47 bits per heavy atom. The van der Waals surface area contributed by atoms with Crippen LogP contribution in [0.15, 0.2) is 23.5 Å². The minimum absolute atomic E-state index is 0.00979. The van der Waals surface area contributed by atoms with Gasteiger partial charge in [0.2, 0.25) is 5.78 Å². The summed E-state index contributed by atoms with van der Waals surface area (Å²) in [5.41, 5.74) is 0.893. The number of hydrogen-bond acceptors (Lipinski definition) is 3. The summed E-state index contributed by atoms with van der Waals surface area (Å²) in [5, 5.41) is 10.4. The Morgan fingerprint density at radius 2 is 2.32 bits per heavy atom. The number of piperidine rings is 1. The van der Waals surface area contributed by atoms with Crippen molar-refractivity contribution >= 4 is 5.78 Å². The maximum atomic E-state index is 12.5. The van der Waals surface area contributed by atoms with Crippen LogP contribution < -0.4 is 0 Å². The maximum absolute atomic E-state index is 12.5. The number of hydrogen-bond donors (Lipinski definition) is 1. The highest BCUT2D eigenvalue weighted by Gasteiger charge is 2.60. The van der Waals surface area contributed by atoms with Crippen molar-refractivity contribution in [3.63, 3.8) is 0 Å². The van der Waals surface area contributed by atoms with Crippen LogP contribution >= 0.6 is 0 Å². The average molecular weight is 259 g/mol. The molecule has 1 saturated heterocycles. The number of aliphatic hydroxyl groups excluding tert-OH is 1. The lowest BCUT2D eigenvalue weighted by Crippen LogP contribution is -2.67. The highest BCUT2D eigenvalue weighted by molar-refractivity contribution is 5.98. The van der Waals surface area contributed by atoms with Crippen molar-refractivity contribution in [3.8, 4) is 0 Å². The SMILES string of the molecule is CC1CC2C(=O)C(O)=C3C=CCN4CCCC2[C@]34C1. The standard InChI is InChI=1S/C16H21NO2/c1-10-8-11-12-4-2-6-17-7-3-5-13(15(19)14(11)18)16(12,17)9-10/h3,5,10-12,19H,2,4,6-9H2,1H3/t10?,11?,12?,16-/m1/s1. The molecule has 3 nitrogen and oxygen atoms in total. The van der Waals surface area contributed by atoms with Gasteiger partial charge in [0.15, 0.2) is 5.76 Å². The van der Waals surface area contributed by atoms with Gasteiger partial charge in [-0.25, -0.2) is 0 Å². The maximum Gasteiger partial charge on any atom is 0.200 e. The summed E-state index contributed by atoms with van der Waals surface area (Å²) in [7, 11) is 0. The molecule has 0 aromatic rings. The summed E-state index contributed by atoms with van der Waals surface area (Å²) in [4.78, 5) is 15.0. The highest BCUT2D eigenvalue weighted by Crippen LogP contribution is 2.57. The molecule has 3 heteroatoms. The predicted octanol–water partition coefficient (Wildman–Crippen LogP) is 2.45. The zero-order valence-electron chi connectivity index (χ0n) is 11.4. The fourth-order valence-corrected chi connectivity index (χ4v) is 5.26. The Labute approximate surface area is 114 Å². The van der Waals surface area contributed by atoms with E-state index in [1.165, 1.54) is 6.42 Å². The Kier molecular flexibility index (Phi) is 2.29. The lowest BCUT2D eigenvalue weighted by atomic mass is 9.52. The van der Waals surface area contributed by atoms with Gasteiger partial charge in [-0.15, -0.1) is 0 Å². The van der Waals surface area contributed by atoms with Gasteiger partial charge in [-0.3, -0.25) is 9.69 Å². The van der Waals surface area contributed by atoms with Gasteiger partial charge in [0.05, 0.1) is 5.54 Å². The van der Waals surface area contributed by atoms with Gasteiger partial charge in [0.1, 0.15) is 0 Å². The predicted molar refractivity (Wildman–Crippen MR) is 72.7 cm³/mol. The molecule has 0 radical (unpaired) electrons. The van der Waals surface area contributed by atoms with Gasteiger partial charge >= 0.3 is 0 Å². The second-order valence-corrected chi connectivity index (χ2v) is 6.80. The van der Waals surface area contributed by atoms with Crippen LogP contribution in [0.4, 0.5) is 0 Å². The third-order valence-corrected chi connectivity index (χ3v) is 5.82. The molecular weight excluding hydrogens is 238 g/mol. The molecule has 19 heavy (non-hydrogen) atoms. The van der Waals surface area contributed by atoms with E-state index in [2.05, 4.69) is 17.9 Å². The van der Waals surface area contributed by atoms with Crippen LogP contribution in [0.5, 0.6) is 0 Å². The number of carbonyl (C=O) groups excluding carboxylic acids is 1. The molecule has 1 N–H and O–H groups in total. The molecule has 102 valence electrons. The van der Waals surface area contributed by atoms with E-state index < -0.39 is 0 Å². The van der Waals surface area contributed by atoms with Crippen LogP contribution in [0, 0.1) is 17.8 Å². The largest absolute Gasteiger partial charge is 0.504 e. The van der Waals surface area contributed by atoms with E-state index in [-0.39, 0.29) is 23.0 Å². The van der Waals surface area contributed by atoms with Gasteiger partial charge in [-0.2, -0.15) is 0 Å². The molecule has 4 rings (SSSR count). The molecular formula is C16H21NO2. The second-order valence-electron chi connectivity index (χ2n) is 6.80. The molecule has 2 fully saturated rings. The topological polar surface area (TPSA) is 40.5 Å². The summed E-state index contributed by atoms with van der Waals surface area (Å²) in [6, 6.07) is 0. The number of Topliss-reactive ketones (excluding diaryl/α,β-unsaturated/α-hetero) is 1. The van der Waals surface area contributed by atoms with E-state index in [9.17, 15) is 9.90 Å². The van der Waals surface area contributed by atoms with Crippen molar-refractivity contribution in [2.24, 2.45) is 17.8 Å². The average Bonchev–Trinajstić information content (AvgIpc) is 2.40. The smallest absolute Gasteiger partial charge is 0.200 e. The first-order valence-corrected chi connectivity index (χ1v) is 7.54. The van der Waals surface area contributed by atoms with Gasteiger partial charge < -0.3 is 5.11 Å². The molecule has 0 aromatic heterocycles. The van der Waals surface area contributed by atoms with Crippen molar-refractivity contribution < 1.29 is 9.90 Å². The number of ketones is 1. The number of allylic oxidation sites excluding steroid dienone is 1. The lowest BCUT2D eigenvalue weighted by Gasteiger charge is -2.61. The monoisotopic (exact) mass is 259 g/mol. The molecule has 4 aliphatic rings. The van der Waals surface area contributed by atoms with Crippen molar-refractivity contribution in [3.05, 3.63) is 23.5 Å². The Hall–Kier alpha value is -1.09. The van der Waals surface area contributed by atoms with Crippen LogP contribution in [-0.4, -0.2) is 34.4 Å². The van der Waals surface area contributed by atoms with E-state index in [1.54, 1.807) is 0 Å². The summed E-state index contributed by atoms with van der Waals surface area (Å²) >= 11 is 0. The zero-order valence-corrected chi connectivity index (χ0v) is 11.4. The molecule has 4 atom stereocenters. The van der Waals surface area contributed by atoms with E-state index >= 15 is 0 Å². The van der Waals surface area contributed by atoms with Gasteiger partial charge in [0, 0.05) is 18.0 Å². The third kappa shape index (κ3) is 1.29. The molecule has 2 aliphatic heterocycles. The normalized spacial score (nSPS) is 45.3. The lowest BCUT2D eigenvalue weighted by molar-refractivity contribution is -0.136. The van der Waals surface area contributed by atoms with E-state index in [1.807, 2.05) is 6.08 Å². The first kappa shape index (κ1) is 11.7. The summed E-state index contributed by atoms with van der Waals surface area (Å²) in [6.07, 6.45) is 8.52. The second kappa shape index (κ2) is 3.72. The molecule has 0 aromatic carbocycles. The van der Waals surface area contributed by atoms with Crippen LogP contribution in [-0.2, 0) is 4.79 Å². The molecule has 2 aliphatic carbocycles. The van der Waals surface area contributed by atoms with Crippen LogP contribution in [0.1, 0.15) is 32.6 Å². The summed E-state index contributed by atoms with van der Waals surface area (Å²) in [6.45, 7) is 4.34. The summed E-state index contributed by atoms with van der Waals surface area (Å²) < 4.78 is 0. The van der Waals surface area contributed by atoms with Crippen molar-refractivity contribution in [1.29, 1.82) is 0 Å². The minimum Gasteiger partial charge on any atom is -0.504 e. The van der Waals surface area contributed by atoms with Gasteiger partial charge in [-0.1, -0.05) is 19.1 Å². The molecule has 1 spiro atoms.